The molecule has 16 heavy (non-hydrogen) atoms. The van der Waals surface area contributed by atoms with E-state index in [-0.39, 0.29) is 0 Å². The molecule has 2 heterocycles. The maximum atomic E-state index is 10.2. The highest BCUT2D eigenvalue weighted by atomic mass is 16.3. The van der Waals surface area contributed by atoms with E-state index in [9.17, 15) is 5.11 Å². The summed E-state index contributed by atoms with van der Waals surface area (Å²) in [7, 11) is 0. The summed E-state index contributed by atoms with van der Waals surface area (Å²) in [6, 6.07) is 5.64. The van der Waals surface area contributed by atoms with Crippen molar-refractivity contribution in [2.24, 2.45) is 0 Å². The summed E-state index contributed by atoms with van der Waals surface area (Å²) in [4.78, 5) is 0. The van der Waals surface area contributed by atoms with E-state index in [1.54, 1.807) is 26.4 Å². The molecule has 0 aliphatic heterocycles. The molecule has 0 aliphatic carbocycles. The van der Waals surface area contributed by atoms with Crippen molar-refractivity contribution in [3.8, 4) is 0 Å². The lowest BCUT2D eigenvalue weighted by Crippen LogP contribution is -2.16. The molecule has 0 fully saturated rings. The molecule has 1 N–H and O–H groups in total. The summed E-state index contributed by atoms with van der Waals surface area (Å²) >= 11 is 0. The highest BCUT2D eigenvalue weighted by Crippen LogP contribution is 2.36. The lowest BCUT2D eigenvalue weighted by atomic mass is 9.93. The minimum absolute atomic E-state index is 0.724. The van der Waals surface area contributed by atoms with Crippen molar-refractivity contribution < 1.29 is 13.9 Å². The van der Waals surface area contributed by atoms with Crippen molar-refractivity contribution >= 4 is 21.9 Å². The fourth-order valence-corrected chi connectivity index (χ4v) is 2.15. The number of furan rings is 2. The zero-order valence-corrected chi connectivity index (χ0v) is 9.15. The highest BCUT2D eigenvalue weighted by Gasteiger charge is 2.25. The molecule has 0 saturated carbocycles. The second kappa shape index (κ2) is 2.89. The molecule has 3 heteroatoms. The van der Waals surface area contributed by atoms with Gasteiger partial charge in [0.1, 0.15) is 11.2 Å². The minimum atomic E-state index is -0.959. The molecule has 0 atom stereocenters. The zero-order valence-electron chi connectivity index (χ0n) is 9.15. The quantitative estimate of drug-likeness (QED) is 0.678. The van der Waals surface area contributed by atoms with Crippen LogP contribution in [0.25, 0.3) is 21.9 Å². The van der Waals surface area contributed by atoms with Gasteiger partial charge in [0.25, 0.3) is 0 Å². The highest BCUT2D eigenvalue weighted by molar-refractivity contribution is 5.98. The Labute approximate surface area is 92.3 Å². The largest absolute Gasteiger partial charge is 0.464 e. The van der Waals surface area contributed by atoms with Crippen LogP contribution in [-0.2, 0) is 5.60 Å². The topological polar surface area (TPSA) is 46.5 Å². The molecule has 3 nitrogen and oxygen atoms in total. The first-order valence-electron chi connectivity index (χ1n) is 5.17. The maximum Gasteiger partial charge on any atom is 0.140 e. The van der Waals surface area contributed by atoms with Gasteiger partial charge in [0.15, 0.2) is 0 Å². The molecule has 0 unspecified atom stereocenters. The van der Waals surface area contributed by atoms with Crippen molar-refractivity contribution in [3.05, 3.63) is 36.3 Å². The van der Waals surface area contributed by atoms with Crippen LogP contribution in [0.4, 0.5) is 0 Å². The lowest BCUT2D eigenvalue weighted by molar-refractivity contribution is 0.0807. The molecule has 3 rings (SSSR count). The summed E-state index contributed by atoms with van der Waals surface area (Å²) in [5, 5.41) is 12.1. The summed E-state index contributed by atoms with van der Waals surface area (Å²) in [6.45, 7) is 3.49. The van der Waals surface area contributed by atoms with Gasteiger partial charge in [-0.25, -0.2) is 0 Å². The third-order valence-electron chi connectivity index (χ3n) is 2.79. The van der Waals surface area contributed by atoms with Gasteiger partial charge in [-0.3, -0.25) is 0 Å². The van der Waals surface area contributed by atoms with E-state index < -0.39 is 5.60 Å². The van der Waals surface area contributed by atoms with Gasteiger partial charge in [0.2, 0.25) is 0 Å². The lowest BCUT2D eigenvalue weighted by Gasteiger charge is -2.18. The second-order valence-electron chi connectivity index (χ2n) is 4.48. The van der Waals surface area contributed by atoms with Gasteiger partial charge < -0.3 is 13.9 Å². The third kappa shape index (κ3) is 1.18. The first-order chi connectivity index (χ1) is 7.57. The predicted octanol–water partition coefficient (Wildman–Crippen LogP) is 3.41. The number of aliphatic hydroxyl groups is 1. The number of hydrogen-bond donors (Lipinski definition) is 1. The third-order valence-corrected chi connectivity index (χ3v) is 2.79. The van der Waals surface area contributed by atoms with Gasteiger partial charge >= 0.3 is 0 Å². The smallest absolute Gasteiger partial charge is 0.140 e. The van der Waals surface area contributed by atoms with Crippen LogP contribution in [0.2, 0.25) is 0 Å². The Morgan fingerprint density at radius 1 is 1.12 bits per heavy atom. The van der Waals surface area contributed by atoms with Crippen molar-refractivity contribution in [2.75, 3.05) is 0 Å². The number of benzene rings is 1. The van der Waals surface area contributed by atoms with Gasteiger partial charge in [0, 0.05) is 16.3 Å². The van der Waals surface area contributed by atoms with Gasteiger partial charge in [-0.15, -0.1) is 0 Å². The van der Waals surface area contributed by atoms with E-state index in [4.69, 9.17) is 8.83 Å². The van der Waals surface area contributed by atoms with Crippen LogP contribution in [0.1, 0.15) is 19.4 Å². The van der Waals surface area contributed by atoms with Crippen molar-refractivity contribution in [3.63, 3.8) is 0 Å². The van der Waals surface area contributed by atoms with Crippen LogP contribution < -0.4 is 0 Å². The van der Waals surface area contributed by atoms with Gasteiger partial charge in [-0.05, 0) is 32.0 Å². The van der Waals surface area contributed by atoms with E-state index in [2.05, 4.69) is 0 Å². The van der Waals surface area contributed by atoms with E-state index in [1.165, 1.54) is 0 Å². The average Bonchev–Trinajstić information content (AvgIpc) is 2.77. The van der Waals surface area contributed by atoms with Crippen LogP contribution in [0.3, 0.4) is 0 Å². The van der Waals surface area contributed by atoms with Crippen molar-refractivity contribution in [2.45, 2.75) is 19.4 Å². The molecule has 3 aromatic rings. The first-order valence-corrected chi connectivity index (χ1v) is 5.17. The average molecular weight is 216 g/mol. The number of fused-ring (bicyclic) bond motifs is 2. The van der Waals surface area contributed by atoms with E-state index in [0.717, 1.165) is 27.5 Å². The monoisotopic (exact) mass is 216 g/mol. The summed E-state index contributed by atoms with van der Waals surface area (Å²) < 4.78 is 10.8. The summed E-state index contributed by atoms with van der Waals surface area (Å²) in [5.74, 6) is 0. The number of hydrogen-bond acceptors (Lipinski definition) is 3. The Morgan fingerprint density at radius 2 is 1.88 bits per heavy atom. The van der Waals surface area contributed by atoms with Crippen LogP contribution in [-0.4, -0.2) is 5.11 Å². The van der Waals surface area contributed by atoms with Gasteiger partial charge in [-0.2, -0.15) is 0 Å². The van der Waals surface area contributed by atoms with Crippen molar-refractivity contribution in [1.29, 1.82) is 0 Å². The van der Waals surface area contributed by atoms with Gasteiger partial charge in [0.05, 0.1) is 18.1 Å². The maximum absolute atomic E-state index is 10.2. The minimum Gasteiger partial charge on any atom is -0.464 e. The fourth-order valence-electron chi connectivity index (χ4n) is 2.15. The summed E-state index contributed by atoms with van der Waals surface area (Å²) in [5.41, 5.74) is 1.31. The van der Waals surface area contributed by atoms with E-state index in [0.29, 0.717) is 0 Å². The zero-order chi connectivity index (χ0) is 11.3. The van der Waals surface area contributed by atoms with Crippen LogP contribution in [0, 0.1) is 0 Å². The molecule has 0 aliphatic rings. The Bertz CT molecular complexity index is 604. The van der Waals surface area contributed by atoms with Crippen molar-refractivity contribution in [1.82, 2.24) is 0 Å². The van der Waals surface area contributed by atoms with Crippen LogP contribution in [0.15, 0.2) is 39.6 Å². The van der Waals surface area contributed by atoms with Gasteiger partial charge in [-0.1, -0.05) is 0 Å². The van der Waals surface area contributed by atoms with Crippen LogP contribution in [0.5, 0.6) is 0 Å². The van der Waals surface area contributed by atoms with Crippen LogP contribution >= 0.6 is 0 Å². The summed E-state index contributed by atoms with van der Waals surface area (Å²) in [6.07, 6.45) is 3.25. The molecule has 82 valence electrons. The van der Waals surface area contributed by atoms with E-state index >= 15 is 0 Å². The first kappa shape index (κ1) is 9.48. The SMILES string of the molecule is CC(C)(O)c1c2ccoc2cc2ccoc12. The second-order valence-corrected chi connectivity index (χ2v) is 4.48. The van der Waals surface area contributed by atoms with E-state index in [1.807, 2.05) is 18.2 Å². The Kier molecular flexibility index (Phi) is 1.71. The standard InChI is InChI=1S/C13H12O3/c1-13(2,14)11-9-4-6-15-10(9)7-8-3-5-16-12(8)11/h3-7,14H,1-2H3. The molecule has 0 bridgehead atoms. The predicted molar refractivity (Wildman–Crippen MR) is 61.2 cm³/mol. The molecule has 2 aromatic heterocycles. The molecule has 0 spiro atoms. The normalized spacial score (nSPS) is 12.7. The molecule has 0 amide bonds. The molecular weight excluding hydrogens is 204 g/mol. The Hall–Kier alpha value is -1.74. The molecule has 1 aromatic carbocycles. The fraction of sp³-hybridized carbons (Fsp3) is 0.231. The Morgan fingerprint density at radius 3 is 2.62 bits per heavy atom. The Balaban J connectivity index is 2.57. The molecule has 0 radical (unpaired) electrons. The number of rotatable bonds is 1. The molecular formula is C13H12O3. The molecule has 0 saturated heterocycles.